The molecule has 1 aliphatic rings. The molecule has 1 atom stereocenters. The van der Waals surface area contributed by atoms with Crippen molar-refractivity contribution in [3.8, 4) is 11.6 Å². The number of aliphatic hydroxyl groups is 1. The Morgan fingerprint density at radius 3 is 2.84 bits per heavy atom. The number of hydrogen-bond donors (Lipinski definition) is 2. The summed E-state index contributed by atoms with van der Waals surface area (Å²) in [5.74, 6) is 0.707. The molecule has 0 aliphatic carbocycles. The standard InChI is InChI=1S/C24H27N3O4/c1-30-23-10-9-18-7-4-8-21(24(18)26-23)31-16-22(29)25-13-20(28)15-27-12-11-17-5-2-3-6-19(17)14-27/h2-10,20,28H,11-16H2,1H3,(H,25,29)/t20-/m0/s1. The minimum atomic E-state index is -0.641. The lowest BCUT2D eigenvalue weighted by Gasteiger charge is -2.30. The van der Waals surface area contributed by atoms with Gasteiger partial charge in [0, 0.05) is 37.6 Å². The van der Waals surface area contributed by atoms with Gasteiger partial charge in [0.25, 0.3) is 5.91 Å². The molecule has 2 aromatic carbocycles. The normalized spacial score (nSPS) is 14.6. The maximum absolute atomic E-state index is 12.2. The number of hydrogen-bond acceptors (Lipinski definition) is 6. The molecular weight excluding hydrogens is 394 g/mol. The number of carbonyl (C=O) groups excluding carboxylic acids is 1. The van der Waals surface area contributed by atoms with Crippen molar-refractivity contribution >= 4 is 16.8 Å². The first-order valence-electron chi connectivity index (χ1n) is 10.4. The van der Waals surface area contributed by atoms with Crippen molar-refractivity contribution in [1.29, 1.82) is 0 Å². The molecule has 162 valence electrons. The lowest BCUT2D eigenvalue weighted by molar-refractivity contribution is -0.123. The average molecular weight is 421 g/mol. The predicted octanol–water partition coefficient (Wildman–Crippen LogP) is 2.16. The molecule has 0 saturated carbocycles. The van der Waals surface area contributed by atoms with Gasteiger partial charge < -0.3 is 19.9 Å². The van der Waals surface area contributed by atoms with Gasteiger partial charge in [-0.25, -0.2) is 4.98 Å². The van der Waals surface area contributed by atoms with Gasteiger partial charge in [0.05, 0.1) is 13.2 Å². The highest BCUT2D eigenvalue weighted by Gasteiger charge is 2.19. The van der Waals surface area contributed by atoms with E-state index in [-0.39, 0.29) is 19.1 Å². The number of pyridine rings is 1. The van der Waals surface area contributed by atoms with Gasteiger partial charge in [-0.05, 0) is 29.7 Å². The maximum atomic E-state index is 12.2. The van der Waals surface area contributed by atoms with Crippen molar-refractivity contribution < 1.29 is 19.4 Å². The van der Waals surface area contributed by atoms with Crippen molar-refractivity contribution in [3.63, 3.8) is 0 Å². The summed E-state index contributed by atoms with van der Waals surface area (Å²) in [5.41, 5.74) is 3.32. The minimum absolute atomic E-state index is 0.151. The zero-order valence-corrected chi connectivity index (χ0v) is 17.6. The molecule has 0 radical (unpaired) electrons. The summed E-state index contributed by atoms with van der Waals surface area (Å²) in [4.78, 5) is 18.8. The van der Waals surface area contributed by atoms with Crippen LogP contribution in [0, 0.1) is 0 Å². The molecule has 1 aliphatic heterocycles. The molecule has 0 unspecified atom stereocenters. The SMILES string of the molecule is COc1ccc2cccc(OCC(=O)NC[C@H](O)CN3CCc4ccccc4C3)c2n1. The molecule has 2 heterocycles. The van der Waals surface area contributed by atoms with Crippen LogP contribution >= 0.6 is 0 Å². The zero-order valence-electron chi connectivity index (χ0n) is 17.6. The quantitative estimate of drug-likeness (QED) is 0.580. The molecule has 1 aromatic heterocycles. The number of amides is 1. The molecule has 1 amide bonds. The van der Waals surface area contributed by atoms with E-state index in [1.165, 1.54) is 11.1 Å². The number of carbonyl (C=O) groups is 1. The number of β-amino-alcohol motifs (C(OH)–C–C–N with tert-alkyl or cyclic N) is 1. The number of aromatic nitrogens is 1. The second-order valence-electron chi connectivity index (χ2n) is 7.68. The Morgan fingerprint density at radius 2 is 2.00 bits per heavy atom. The van der Waals surface area contributed by atoms with Crippen LogP contribution in [0.3, 0.4) is 0 Å². The second kappa shape index (κ2) is 9.76. The molecule has 3 aromatic rings. The van der Waals surface area contributed by atoms with Crippen LogP contribution < -0.4 is 14.8 Å². The van der Waals surface area contributed by atoms with Gasteiger partial charge >= 0.3 is 0 Å². The van der Waals surface area contributed by atoms with E-state index in [0.29, 0.717) is 23.7 Å². The lowest BCUT2D eigenvalue weighted by atomic mass is 10.00. The van der Waals surface area contributed by atoms with Crippen LogP contribution in [-0.2, 0) is 17.8 Å². The number of nitrogens with one attached hydrogen (secondary N) is 1. The van der Waals surface area contributed by atoms with E-state index in [4.69, 9.17) is 9.47 Å². The van der Waals surface area contributed by atoms with Gasteiger partial charge in [0.15, 0.2) is 6.61 Å². The van der Waals surface area contributed by atoms with Crippen LogP contribution in [0.4, 0.5) is 0 Å². The first-order chi connectivity index (χ1) is 15.1. The monoisotopic (exact) mass is 421 g/mol. The fraction of sp³-hybridized carbons (Fsp3) is 0.333. The maximum Gasteiger partial charge on any atom is 0.258 e. The van der Waals surface area contributed by atoms with Crippen molar-refractivity contribution in [1.82, 2.24) is 15.2 Å². The third-order valence-electron chi connectivity index (χ3n) is 5.44. The molecule has 0 spiro atoms. The highest BCUT2D eigenvalue weighted by Crippen LogP contribution is 2.25. The van der Waals surface area contributed by atoms with Gasteiger partial charge in [-0.15, -0.1) is 0 Å². The van der Waals surface area contributed by atoms with Gasteiger partial charge in [-0.3, -0.25) is 9.69 Å². The Kier molecular flexibility index (Phi) is 6.64. The number of para-hydroxylation sites is 1. The van der Waals surface area contributed by atoms with E-state index in [2.05, 4.69) is 33.4 Å². The van der Waals surface area contributed by atoms with E-state index in [1.807, 2.05) is 24.3 Å². The van der Waals surface area contributed by atoms with Crippen LogP contribution in [0.2, 0.25) is 0 Å². The summed E-state index contributed by atoms with van der Waals surface area (Å²) >= 11 is 0. The summed E-state index contributed by atoms with van der Waals surface area (Å²) in [6.45, 7) is 2.27. The fourth-order valence-electron chi connectivity index (χ4n) is 3.83. The van der Waals surface area contributed by atoms with Crippen LogP contribution in [-0.4, -0.2) is 60.4 Å². The number of nitrogens with zero attached hydrogens (tertiary/aromatic N) is 2. The summed E-state index contributed by atoms with van der Waals surface area (Å²) in [5, 5.41) is 14.0. The summed E-state index contributed by atoms with van der Waals surface area (Å²) < 4.78 is 10.9. The van der Waals surface area contributed by atoms with E-state index >= 15 is 0 Å². The first kappa shape index (κ1) is 21.1. The molecule has 7 heteroatoms. The summed E-state index contributed by atoms with van der Waals surface area (Å²) in [6.07, 6.45) is 0.338. The van der Waals surface area contributed by atoms with Crippen molar-refractivity contribution in [2.75, 3.05) is 33.4 Å². The van der Waals surface area contributed by atoms with Crippen molar-refractivity contribution in [2.24, 2.45) is 0 Å². The molecule has 0 fully saturated rings. The van der Waals surface area contributed by atoms with Crippen LogP contribution in [0.15, 0.2) is 54.6 Å². The Labute approximate surface area is 181 Å². The Hall–Kier alpha value is -3.16. The third-order valence-corrected chi connectivity index (χ3v) is 5.44. The number of rotatable bonds is 8. The topological polar surface area (TPSA) is 83.9 Å². The van der Waals surface area contributed by atoms with E-state index in [1.54, 1.807) is 19.2 Å². The van der Waals surface area contributed by atoms with E-state index in [9.17, 15) is 9.90 Å². The molecule has 4 rings (SSSR count). The molecule has 0 saturated heterocycles. The average Bonchev–Trinajstić information content (AvgIpc) is 2.81. The molecule has 7 nitrogen and oxygen atoms in total. The van der Waals surface area contributed by atoms with Crippen molar-refractivity contribution in [3.05, 3.63) is 65.7 Å². The second-order valence-corrected chi connectivity index (χ2v) is 7.68. The van der Waals surface area contributed by atoms with Gasteiger partial charge in [-0.2, -0.15) is 0 Å². The van der Waals surface area contributed by atoms with Gasteiger partial charge in [0.1, 0.15) is 11.3 Å². The molecular formula is C24H27N3O4. The first-order valence-corrected chi connectivity index (χ1v) is 10.4. The fourth-order valence-corrected chi connectivity index (χ4v) is 3.83. The number of aliphatic hydroxyl groups excluding tert-OH is 1. The number of ether oxygens (including phenoxy) is 2. The van der Waals surface area contributed by atoms with Gasteiger partial charge in [0.2, 0.25) is 5.88 Å². The largest absolute Gasteiger partial charge is 0.481 e. The molecule has 2 N–H and O–H groups in total. The highest BCUT2D eigenvalue weighted by atomic mass is 16.5. The number of benzene rings is 2. The molecule has 0 bridgehead atoms. The lowest BCUT2D eigenvalue weighted by Crippen LogP contribution is -2.42. The summed E-state index contributed by atoms with van der Waals surface area (Å²) in [7, 11) is 1.55. The Morgan fingerprint density at radius 1 is 1.16 bits per heavy atom. The van der Waals surface area contributed by atoms with Crippen LogP contribution in [0.1, 0.15) is 11.1 Å². The van der Waals surface area contributed by atoms with E-state index < -0.39 is 6.10 Å². The zero-order chi connectivity index (χ0) is 21.6. The predicted molar refractivity (Wildman–Crippen MR) is 118 cm³/mol. The van der Waals surface area contributed by atoms with E-state index in [0.717, 1.165) is 24.9 Å². The highest BCUT2D eigenvalue weighted by molar-refractivity contribution is 5.85. The van der Waals surface area contributed by atoms with Gasteiger partial charge in [-0.1, -0.05) is 36.4 Å². The smallest absolute Gasteiger partial charge is 0.258 e. The summed E-state index contributed by atoms with van der Waals surface area (Å²) in [6, 6.07) is 17.6. The van der Waals surface area contributed by atoms with Crippen LogP contribution in [0.25, 0.3) is 10.9 Å². The minimum Gasteiger partial charge on any atom is -0.481 e. The molecule has 31 heavy (non-hydrogen) atoms. The number of methoxy groups -OCH3 is 1. The van der Waals surface area contributed by atoms with Crippen LogP contribution in [0.5, 0.6) is 11.6 Å². The Bertz CT molecular complexity index is 1060. The Balaban J connectivity index is 1.25. The number of fused-ring (bicyclic) bond motifs is 2. The third kappa shape index (κ3) is 5.31. The van der Waals surface area contributed by atoms with Crippen molar-refractivity contribution in [2.45, 2.75) is 19.1 Å².